The molecular formula is C21H26N2O. The van der Waals surface area contributed by atoms with Crippen molar-refractivity contribution >= 4 is 0 Å². The van der Waals surface area contributed by atoms with Crippen molar-refractivity contribution in [3.8, 4) is 11.5 Å². The van der Waals surface area contributed by atoms with Gasteiger partial charge in [-0.2, -0.15) is 0 Å². The van der Waals surface area contributed by atoms with Crippen LogP contribution in [0.4, 0.5) is 0 Å². The zero-order valence-corrected chi connectivity index (χ0v) is 14.8. The number of rotatable bonds is 2. The summed E-state index contributed by atoms with van der Waals surface area (Å²) in [6.45, 7) is 4.39. The Labute approximate surface area is 144 Å². The fourth-order valence-corrected chi connectivity index (χ4v) is 4.10. The molecule has 1 saturated heterocycles. The molecule has 24 heavy (non-hydrogen) atoms. The Morgan fingerprint density at radius 3 is 2.42 bits per heavy atom. The highest BCUT2D eigenvalue weighted by atomic mass is 16.5. The fourth-order valence-electron chi connectivity index (χ4n) is 4.10. The predicted molar refractivity (Wildman–Crippen MR) is 97.8 cm³/mol. The molecule has 0 spiro atoms. The minimum atomic E-state index is 0.314. The second-order valence-electron chi connectivity index (χ2n) is 7.31. The predicted octanol–water partition coefficient (Wildman–Crippen LogP) is 4.22. The molecule has 3 heteroatoms. The van der Waals surface area contributed by atoms with E-state index < -0.39 is 0 Å². The third-order valence-electron chi connectivity index (χ3n) is 5.49. The highest BCUT2D eigenvalue weighted by Crippen LogP contribution is 2.46. The van der Waals surface area contributed by atoms with Gasteiger partial charge in [0.15, 0.2) is 0 Å². The third-order valence-corrected chi connectivity index (χ3v) is 5.49. The number of piperidine rings is 1. The summed E-state index contributed by atoms with van der Waals surface area (Å²) in [6.07, 6.45) is 2.46. The first-order valence-corrected chi connectivity index (χ1v) is 8.91. The molecule has 2 heterocycles. The summed E-state index contributed by atoms with van der Waals surface area (Å²) < 4.78 is 6.20. The molecule has 0 radical (unpaired) electrons. The van der Waals surface area contributed by atoms with Crippen LogP contribution in [0.1, 0.15) is 35.6 Å². The number of fused-ring (bicyclic) bond motifs is 2. The Kier molecular flexibility index (Phi) is 4.07. The zero-order chi connectivity index (χ0) is 16.7. The van der Waals surface area contributed by atoms with Gasteiger partial charge in [-0.05, 0) is 51.6 Å². The molecular weight excluding hydrogens is 296 g/mol. The Balaban J connectivity index is 1.70. The van der Waals surface area contributed by atoms with Crippen LogP contribution in [0, 0.1) is 6.92 Å². The van der Waals surface area contributed by atoms with Gasteiger partial charge >= 0.3 is 0 Å². The van der Waals surface area contributed by atoms with Gasteiger partial charge in [-0.3, -0.25) is 4.90 Å². The Morgan fingerprint density at radius 2 is 1.67 bits per heavy atom. The molecule has 1 atom stereocenters. The number of nitrogens with zero attached hydrogens (tertiary/aromatic N) is 2. The first-order chi connectivity index (χ1) is 11.6. The van der Waals surface area contributed by atoms with Gasteiger partial charge in [0, 0.05) is 30.3 Å². The highest BCUT2D eigenvalue weighted by Gasteiger charge is 2.34. The number of ether oxygens (including phenoxy) is 1. The summed E-state index contributed by atoms with van der Waals surface area (Å²) in [5.74, 6) is 2.03. The van der Waals surface area contributed by atoms with Crippen molar-refractivity contribution in [1.82, 2.24) is 9.80 Å². The van der Waals surface area contributed by atoms with Gasteiger partial charge in [0.2, 0.25) is 0 Å². The minimum Gasteiger partial charge on any atom is -0.457 e. The fraction of sp³-hybridized carbons (Fsp3) is 0.429. The monoisotopic (exact) mass is 322 g/mol. The molecule has 2 aliphatic heterocycles. The lowest BCUT2D eigenvalue weighted by Gasteiger charge is -2.42. The highest BCUT2D eigenvalue weighted by molar-refractivity contribution is 5.54. The van der Waals surface area contributed by atoms with E-state index in [-0.39, 0.29) is 0 Å². The van der Waals surface area contributed by atoms with Crippen molar-refractivity contribution in [1.29, 1.82) is 0 Å². The van der Waals surface area contributed by atoms with Gasteiger partial charge in [0.1, 0.15) is 11.5 Å². The second-order valence-corrected chi connectivity index (χ2v) is 7.31. The van der Waals surface area contributed by atoms with Crippen LogP contribution in [0.15, 0.2) is 42.5 Å². The maximum absolute atomic E-state index is 6.20. The smallest absolute Gasteiger partial charge is 0.132 e. The van der Waals surface area contributed by atoms with Crippen LogP contribution >= 0.6 is 0 Å². The van der Waals surface area contributed by atoms with Crippen LogP contribution in [-0.4, -0.2) is 43.0 Å². The third kappa shape index (κ3) is 2.72. The molecule has 0 aliphatic carbocycles. The normalized spacial score (nSPS) is 21.2. The number of hydrogen-bond donors (Lipinski definition) is 0. The zero-order valence-electron chi connectivity index (χ0n) is 14.8. The standard InChI is InChI=1S/C21H26N2O/c1-15-8-9-18-20(14-15)24-19-7-5-4-6-17(19)21(18)23-12-10-16(11-13-23)22(2)3/h4-9,14,16,21H,10-13H2,1-3H3. The van der Waals surface area contributed by atoms with Gasteiger partial charge < -0.3 is 9.64 Å². The maximum atomic E-state index is 6.20. The lowest BCUT2D eigenvalue weighted by atomic mass is 9.90. The summed E-state index contributed by atoms with van der Waals surface area (Å²) >= 11 is 0. The van der Waals surface area contributed by atoms with E-state index >= 15 is 0 Å². The maximum Gasteiger partial charge on any atom is 0.132 e. The largest absolute Gasteiger partial charge is 0.457 e. The Hall–Kier alpha value is -1.84. The summed E-state index contributed by atoms with van der Waals surface area (Å²) in [6, 6.07) is 16.2. The van der Waals surface area contributed by atoms with Gasteiger partial charge in [0.25, 0.3) is 0 Å². The summed E-state index contributed by atoms with van der Waals surface area (Å²) in [4.78, 5) is 5.00. The quantitative estimate of drug-likeness (QED) is 0.823. The van der Waals surface area contributed by atoms with Crippen molar-refractivity contribution < 1.29 is 4.74 Å². The molecule has 0 amide bonds. The minimum absolute atomic E-state index is 0.314. The van der Waals surface area contributed by atoms with Gasteiger partial charge in [0.05, 0.1) is 6.04 Å². The van der Waals surface area contributed by atoms with E-state index in [1.807, 2.05) is 0 Å². The van der Waals surface area contributed by atoms with E-state index in [0.29, 0.717) is 12.1 Å². The topological polar surface area (TPSA) is 15.7 Å². The molecule has 1 unspecified atom stereocenters. The van der Waals surface area contributed by atoms with Crippen molar-refractivity contribution in [3.05, 3.63) is 59.2 Å². The average Bonchev–Trinajstić information content (AvgIpc) is 2.59. The van der Waals surface area contributed by atoms with E-state index in [0.717, 1.165) is 24.6 Å². The molecule has 2 aromatic rings. The number of aryl methyl sites for hydroxylation is 1. The molecule has 3 nitrogen and oxygen atoms in total. The molecule has 2 aromatic carbocycles. The molecule has 0 N–H and O–H groups in total. The van der Waals surface area contributed by atoms with E-state index in [2.05, 4.69) is 73.3 Å². The molecule has 126 valence electrons. The van der Waals surface area contributed by atoms with Crippen molar-refractivity contribution in [3.63, 3.8) is 0 Å². The SMILES string of the molecule is Cc1ccc2c(c1)Oc1ccccc1C2N1CCC(N(C)C)CC1. The number of para-hydroxylation sites is 1. The lowest BCUT2D eigenvalue weighted by molar-refractivity contribution is 0.118. The second kappa shape index (κ2) is 6.23. The molecule has 1 fully saturated rings. The van der Waals surface area contributed by atoms with Crippen LogP contribution in [0.3, 0.4) is 0 Å². The first-order valence-electron chi connectivity index (χ1n) is 8.91. The summed E-state index contributed by atoms with van der Waals surface area (Å²) in [7, 11) is 4.39. The van der Waals surface area contributed by atoms with Crippen LogP contribution < -0.4 is 4.74 Å². The lowest BCUT2D eigenvalue weighted by Crippen LogP contribution is -2.44. The van der Waals surface area contributed by atoms with Gasteiger partial charge in [-0.25, -0.2) is 0 Å². The summed E-state index contributed by atoms with van der Waals surface area (Å²) in [5.41, 5.74) is 3.86. The molecule has 0 saturated carbocycles. The molecule has 4 rings (SSSR count). The molecule has 0 bridgehead atoms. The number of likely N-dealkylation sites (tertiary alicyclic amines) is 1. The van der Waals surface area contributed by atoms with Crippen LogP contribution in [0.2, 0.25) is 0 Å². The van der Waals surface area contributed by atoms with Gasteiger partial charge in [-0.1, -0.05) is 30.3 Å². The van der Waals surface area contributed by atoms with Crippen LogP contribution in [-0.2, 0) is 0 Å². The van der Waals surface area contributed by atoms with E-state index in [1.54, 1.807) is 0 Å². The van der Waals surface area contributed by atoms with Crippen molar-refractivity contribution in [2.75, 3.05) is 27.2 Å². The van der Waals surface area contributed by atoms with Gasteiger partial charge in [-0.15, -0.1) is 0 Å². The summed E-state index contributed by atoms with van der Waals surface area (Å²) in [5, 5.41) is 0. The number of hydrogen-bond acceptors (Lipinski definition) is 3. The van der Waals surface area contributed by atoms with E-state index in [9.17, 15) is 0 Å². The Bertz CT molecular complexity index is 732. The van der Waals surface area contributed by atoms with E-state index in [4.69, 9.17) is 4.74 Å². The van der Waals surface area contributed by atoms with Crippen LogP contribution in [0.25, 0.3) is 0 Å². The average molecular weight is 322 g/mol. The van der Waals surface area contributed by atoms with Crippen molar-refractivity contribution in [2.45, 2.75) is 31.8 Å². The Morgan fingerprint density at radius 1 is 0.958 bits per heavy atom. The van der Waals surface area contributed by atoms with E-state index in [1.165, 1.54) is 29.5 Å². The van der Waals surface area contributed by atoms with Crippen LogP contribution in [0.5, 0.6) is 11.5 Å². The first kappa shape index (κ1) is 15.7. The molecule has 0 aromatic heterocycles. The van der Waals surface area contributed by atoms with Crippen molar-refractivity contribution in [2.24, 2.45) is 0 Å². The molecule has 2 aliphatic rings. The number of benzene rings is 2.